The molecule has 0 radical (unpaired) electrons. The third kappa shape index (κ3) is 5.09. The quantitative estimate of drug-likeness (QED) is 0.569. The Morgan fingerprint density at radius 3 is 2.36 bits per heavy atom. The van der Waals surface area contributed by atoms with Crippen LogP contribution < -0.4 is 15.5 Å². The molecule has 3 aromatic rings. The zero-order valence-electron chi connectivity index (χ0n) is 18.4. The van der Waals surface area contributed by atoms with Crippen LogP contribution in [0.25, 0.3) is 0 Å². The van der Waals surface area contributed by atoms with E-state index in [1.807, 2.05) is 68.6 Å². The molecule has 1 fully saturated rings. The number of hydrazone groups is 1. The lowest BCUT2D eigenvalue weighted by molar-refractivity contribution is -0.596. The molecule has 3 aromatic carbocycles. The molecule has 1 saturated heterocycles. The molecular weight excluding hydrogens is 421 g/mol. The molecule has 33 heavy (non-hydrogen) atoms. The maximum atomic E-state index is 13.2. The number of carbonyl (C=O) groups excluding carboxylic acids is 2. The molecular formula is C26H25FN3O3+. The molecule has 0 saturated carbocycles. The van der Waals surface area contributed by atoms with E-state index in [9.17, 15) is 14.0 Å². The first-order chi connectivity index (χ1) is 15.9. The summed E-state index contributed by atoms with van der Waals surface area (Å²) in [6.07, 6.45) is 1.82. The Kier molecular flexibility index (Phi) is 6.49. The molecule has 1 aliphatic rings. The van der Waals surface area contributed by atoms with Crippen molar-refractivity contribution < 1.29 is 23.4 Å². The number of ether oxygens (including phenoxy) is 1. The zero-order chi connectivity index (χ0) is 23.4. The lowest BCUT2D eigenvalue weighted by atomic mass is 9.98. The Morgan fingerprint density at radius 1 is 1.06 bits per heavy atom. The number of hydrogen-bond donors (Lipinski definition) is 2. The second kappa shape index (κ2) is 9.65. The molecule has 168 valence electrons. The van der Waals surface area contributed by atoms with Crippen molar-refractivity contribution in [3.8, 4) is 5.75 Å². The minimum atomic E-state index is -0.843. The summed E-state index contributed by atoms with van der Waals surface area (Å²) in [6.45, 7) is 4.49. The van der Waals surface area contributed by atoms with E-state index in [-0.39, 0.29) is 11.5 Å². The predicted octanol–water partition coefficient (Wildman–Crippen LogP) is 3.55. The van der Waals surface area contributed by atoms with Gasteiger partial charge in [0.05, 0.1) is 6.61 Å². The number of halogens is 1. The van der Waals surface area contributed by atoms with Crippen LogP contribution in [0.2, 0.25) is 0 Å². The fraction of sp³-hybridized carbons (Fsp3) is 0.192. The minimum absolute atomic E-state index is 0.279. The second-order valence-corrected chi connectivity index (χ2v) is 7.83. The molecule has 2 amide bonds. The number of carbonyl (C=O) groups is 2. The average molecular weight is 447 g/mol. The third-order valence-electron chi connectivity index (χ3n) is 5.43. The number of aryl methyl sites for hydroxylation is 1. The van der Waals surface area contributed by atoms with Crippen LogP contribution in [-0.2, 0) is 4.79 Å². The molecule has 0 bridgehead atoms. The van der Waals surface area contributed by atoms with Gasteiger partial charge in [-0.1, -0.05) is 29.8 Å². The molecule has 1 heterocycles. The zero-order valence-corrected chi connectivity index (χ0v) is 18.4. The van der Waals surface area contributed by atoms with E-state index in [1.165, 1.54) is 24.3 Å². The number of hydrogen-bond acceptors (Lipinski definition) is 3. The van der Waals surface area contributed by atoms with Gasteiger partial charge in [-0.05, 0) is 62.4 Å². The van der Waals surface area contributed by atoms with Gasteiger partial charge in [0.2, 0.25) is 12.3 Å². The van der Waals surface area contributed by atoms with E-state index in [1.54, 1.807) is 4.68 Å². The highest BCUT2D eigenvalue weighted by Crippen LogP contribution is 2.26. The number of amides is 2. The van der Waals surface area contributed by atoms with Gasteiger partial charge in [0, 0.05) is 16.7 Å². The number of rotatable bonds is 6. The van der Waals surface area contributed by atoms with Gasteiger partial charge in [0.25, 0.3) is 5.91 Å². The molecule has 1 aliphatic heterocycles. The smallest absolute Gasteiger partial charge is 0.304 e. The van der Waals surface area contributed by atoms with E-state index < -0.39 is 23.8 Å². The lowest BCUT2D eigenvalue weighted by Gasteiger charge is -2.15. The maximum absolute atomic E-state index is 13.2. The van der Waals surface area contributed by atoms with E-state index >= 15 is 0 Å². The molecule has 4 rings (SSSR count). The summed E-state index contributed by atoms with van der Waals surface area (Å²) < 4.78 is 20.4. The average Bonchev–Trinajstić information content (AvgIpc) is 3.10. The number of benzene rings is 3. The summed E-state index contributed by atoms with van der Waals surface area (Å²) in [6, 6.07) is 19.2. The van der Waals surface area contributed by atoms with Gasteiger partial charge in [-0.15, -0.1) is 10.1 Å². The monoisotopic (exact) mass is 446 g/mol. The van der Waals surface area contributed by atoms with Crippen LogP contribution in [-0.4, -0.2) is 35.4 Å². The van der Waals surface area contributed by atoms with Crippen molar-refractivity contribution in [2.45, 2.75) is 25.9 Å². The van der Waals surface area contributed by atoms with Crippen LogP contribution >= 0.6 is 0 Å². The van der Waals surface area contributed by atoms with Crippen molar-refractivity contribution in [2.24, 2.45) is 0 Å². The van der Waals surface area contributed by atoms with Crippen LogP contribution in [0.3, 0.4) is 0 Å². The molecule has 0 spiro atoms. The van der Waals surface area contributed by atoms with E-state index in [2.05, 4.69) is 10.7 Å². The van der Waals surface area contributed by atoms with Gasteiger partial charge in [-0.3, -0.25) is 9.59 Å². The Balaban J connectivity index is 1.66. The summed E-state index contributed by atoms with van der Waals surface area (Å²) in [5.41, 5.74) is 5.95. The summed E-state index contributed by atoms with van der Waals surface area (Å²) in [5.74, 6) is -0.452. The standard InChI is InChI=1S/C26H24FN3O3/c1-3-33-22-14-6-18(7-15-22)16-30-24(19-8-4-17(2)5-9-19)23(26(32)29-30)28-25(31)20-10-12-21(27)13-11-20/h4-16,23-24H,3H2,1-2H3,(H-,28,29,31,32)/p+1/b30-16-/t23-,24+/m1/s1. The first kappa shape index (κ1) is 22.2. The van der Waals surface area contributed by atoms with Gasteiger partial charge in [0.15, 0.2) is 6.04 Å². The van der Waals surface area contributed by atoms with Gasteiger partial charge in [-0.25, -0.2) is 4.39 Å². The molecule has 2 N–H and O–H groups in total. The summed E-state index contributed by atoms with van der Waals surface area (Å²) >= 11 is 0. The van der Waals surface area contributed by atoms with E-state index in [0.29, 0.717) is 6.61 Å². The molecule has 0 aromatic heterocycles. The van der Waals surface area contributed by atoms with Crippen molar-refractivity contribution in [3.05, 3.63) is 101 Å². The first-order valence-corrected chi connectivity index (χ1v) is 10.7. The SMILES string of the molecule is CCOc1ccc(/C=[N+]2\NC(=O)[C@H](NC(=O)c3ccc(F)cc3)[C@@H]2c2ccc(C)cc2)cc1. The Morgan fingerprint density at radius 2 is 1.73 bits per heavy atom. The number of nitrogens with zero attached hydrogens (tertiary/aromatic N) is 1. The van der Waals surface area contributed by atoms with Gasteiger partial charge >= 0.3 is 5.91 Å². The summed E-state index contributed by atoms with van der Waals surface area (Å²) in [5, 5.41) is 2.81. The van der Waals surface area contributed by atoms with Gasteiger partial charge in [-0.2, -0.15) is 0 Å². The topological polar surface area (TPSA) is 70.4 Å². The van der Waals surface area contributed by atoms with E-state index in [4.69, 9.17) is 4.74 Å². The van der Waals surface area contributed by atoms with Crippen LogP contribution in [0.4, 0.5) is 4.39 Å². The summed E-state index contributed by atoms with van der Waals surface area (Å²) in [4.78, 5) is 25.7. The number of nitrogens with one attached hydrogen (secondary N) is 2. The highest BCUT2D eigenvalue weighted by atomic mass is 19.1. The molecule has 0 unspecified atom stereocenters. The first-order valence-electron chi connectivity index (χ1n) is 10.7. The van der Waals surface area contributed by atoms with Crippen molar-refractivity contribution in [2.75, 3.05) is 6.61 Å². The molecule has 2 atom stereocenters. The van der Waals surface area contributed by atoms with Crippen molar-refractivity contribution in [1.29, 1.82) is 0 Å². The largest absolute Gasteiger partial charge is 0.494 e. The Bertz CT molecular complexity index is 1170. The van der Waals surface area contributed by atoms with Crippen molar-refractivity contribution in [1.82, 2.24) is 10.7 Å². The van der Waals surface area contributed by atoms with Gasteiger partial charge in [0.1, 0.15) is 11.6 Å². The summed E-state index contributed by atoms with van der Waals surface area (Å²) in [7, 11) is 0. The Hall–Kier alpha value is -4.00. The third-order valence-corrected chi connectivity index (χ3v) is 5.43. The van der Waals surface area contributed by atoms with Crippen LogP contribution in [0, 0.1) is 12.7 Å². The van der Waals surface area contributed by atoms with Crippen LogP contribution in [0.5, 0.6) is 5.75 Å². The second-order valence-electron chi connectivity index (χ2n) is 7.83. The van der Waals surface area contributed by atoms with Crippen molar-refractivity contribution >= 4 is 18.0 Å². The van der Waals surface area contributed by atoms with Crippen LogP contribution in [0.1, 0.15) is 40.0 Å². The lowest BCUT2D eigenvalue weighted by Crippen LogP contribution is -2.42. The predicted molar refractivity (Wildman–Crippen MR) is 123 cm³/mol. The van der Waals surface area contributed by atoms with Gasteiger partial charge < -0.3 is 10.1 Å². The van der Waals surface area contributed by atoms with Crippen LogP contribution in [0.15, 0.2) is 72.8 Å². The fourth-order valence-corrected chi connectivity index (χ4v) is 3.75. The fourth-order valence-electron chi connectivity index (χ4n) is 3.75. The highest BCUT2D eigenvalue weighted by Gasteiger charge is 2.47. The molecule has 0 aliphatic carbocycles. The Labute approximate surface area is 191 Å². The van der Waals surface area contributed by atoms with E-state index in [0.717, 1.165) is 22.4 Å². The minimum Gasteiger partial charge on any atom is -0.494 e. The maximum Gasteiger partial charge on any atom is 0.304 e. The molecule has 6 nitrogen and oxygen atoms in total. The molecule has 7 heteroatoms. The van der Waals surface area contributed by atoms with Crippen molar-refractivity contribution in [3.63, 3.8) is 0 Å². The highest BCUT2D eigenvalue weighted by molar-refractivity contribution is 5.98. The number of hydrazine groups is 1. The normalized spacial score (nSPS) is 18.8.